The van der Waals surface area contributed by atoms with E-state index in [1.807, 2.05) is 0 Å². The molecule has 0 spiro atoms. The summed E-state index contributed by atoms with van der Waals surface area (Å²) in [6, 6.07) is 9.25. The van der Waals surface area contributed by atoms with Gasteiger partial charge in [0.2, 0.25) is 0 Å². The highest BCUT2D eigenvalue weighted by Crippen LogP contribution is 2.56. The van der Waals surface area contributed by atoms with Gasteiger partial charge < -0.3 is 0 Å². The maximum absolute atomic E-state index is 2.47. The molecule has 1 aromatic carbocycles. The minimum atomic E-state index is 0.504. The van der Waals surface area contributed by atoms with Crippen molar-refractivity contribution in [1.29, 1.82) is 0 Å². The maximum atomic E-state index is 2.47. The van der Waals surface area contributed by atoms with E-state index in [1.54, 1.807) is 11.1 Å². The van der Waals surface area contributed by atoms with Crippen LogP contribution in [0.1, 0.15) is 64.0 Å². The third-order valence-electron chi connectivity index (χ3n) is 5.78. The van der Waals surface area contributed by atoms with E-state index in [0.29, 0.717) is 10.8 Å². The first-order chi connectivity index (χ1) is 8.57. The van der Waals surface area contributed by atoms with E-state index in [0.717, 1.165) is 5.92 Å². The standard InChI is InChI=1S/C18H26/c1-4-18-12-11-17(2,3)13-15(18)10-9-14-7-5-6-8-16(14)18/h5-8,15H,4,9-13H2,1-3H3. The maximum Gasteiger partial charge on any atom is -0.00181 e. The highest BCUT2D eigenvalue weighted by molar-refractivity contribution is 5.38. The molecule has 0 radical (unpaired) electrons. The second kappa shape index (κ2) is 4.11. The van der Waals surface area contributed by atoms with Crippen LogP contribution in [0.4, 0.5) is 0 Å². The molecule has 0 heteroatoms. The average molecular weight is 242 g/mol. The number of aryl methyl sites for hydroxylation is 1. The fourth-order valence-electron chi connectivity index (χ4n) is 4.67. The summed E-state index contributed by atoms with van der Waals surface area (Å²) in [4.78, 5) is 0. The van der Waals surface area contributed by atoms with Gasteiger partial charge in [0.25, 0.3) is 0 Å². The molecule has 2 atom stereocenters. The predicted molar refractivity (Wildman–Crippen MR) is 77.9 cm³/mol. The molecule has 0 aliphatic heterocycles. The average Bonchev–Trinajstić information content (AvgIpc) is 2.37. The number of hydrogen-bond donors (Lipinski definition) is 0. The Labute approximate surface area is 112 Å². The third-order valence-corrected chi connectivity index (χ3v) is 5.78. The summed E-state index contributed by atoms with van der Waals surface area (Å²) in [5.74, 6) is 0.918. The van der Waals surface area contributed by atoms with Crippen LogP contribution in [0.25, 0.3) is 0 Å². The van der Waals surface area contributed by atoms with Gasteiger partial charge in [0.15, 0.2) is 0 Å². The van der Waals surface area contributed by atoms with Crippen molar-refractivity contribution in [3.63, 3.8) is 0 Å². The molecule has 2 unspecified atom stereocenters. The first kappa shape index (κ1) is 12.3. The van der Waals surface area contributed by atoms with Crippen molar-refractivity contribution in [3.8, 4) is 0 Å². The molecule has 2 aliphatic carbocycles. The van der Waals surface area contributed by atoms with E-state index in [-0.39, 0.29) is 0 Å². The van der Waals surface area contributed by atoms with E-state index in [1.165, 1.54) is 38.5 Å². The Bertz CT molecular complexity index is 443. The normalized spacial score (nSPS) is 33.6. The largest absolute Gasteiger partial charge is 0.0645 e. The number of rotatable bonds is 1. The lowest BCUT2D eigenvalue weighted by Gasteiger charge is -2.53. The summed E-state index contributed by atoms with van der Waals surface area (Å²) in [6.07, 6.45) is 8.26. The molecular weight excluding hydrogens is 216 g/mol. The van der Waals surface area contributed by atoms with Gasteiger partial charge in [-0.25, -0.2) is 0 Å². The van der Waals surface area contributed by atoms with Crippen LogP contribution in [0.3, 0.4) is 0 Å². The lowest BCUT2D eigenvalue weighted by atomic mass is 9.52. The Morgan fingerprint density at radius 3 is 2.72 bits per heavy atom. The zero-order valence-electron chi connectivity index (χ0n) is 12.1. The SMILES string of the molecule is CCC12CCC(C)(C)CC1CCc1ccccc12. The van der Waals surface area contributed by atoms with Crippen molar-refractivity contribution in [2.45, 2.75) is 64.7 Å². The Morgan fingerprint density at radius 1 is 1.17 bits per heavy atom. The van der Waals surface area contributed by atoms with Gasteiger partial charge in [-0.3, -0.25) is 0 Å². The molecule has 18 heavy (non-hydrogen) atoms. The second-order valence-electron chi connectivity index (χ2n) is 7.27. The van der Waals surface area contributed by atoms with E-state index in [2.05, 4.69) is 45.0 Å². The highest BCUT2D eigenvalue weighted by atomic mass is 14.5. The van der Waals surface area contributed by atoms with E-state index in [4.69, 9.17) is 0 Å². The van der Waals surface area contributed by atoms with Crippen molar-refractivity contribution in [1.82, 2.24) is 0 Å². The molecule has 1 saturated carbocycles. The van der Waals surface area contributed by atoms with Gasteiger partial charge in [0, 0.05) is 0 Å². The van der Waals surface area contributed by atoms with Crippen molar-refractivity contribution < 1.29 is 0 Å². The van der Waals surface area contributed by atoms with Gasteiger partial charge in [-0.1, -0.05) is 45.0 Å². The van der Waals surface area contributed by atoms with Gasteiger partial charge in [0.05, 0.1) is 0 Å². The van der Waals surface area contributed by atoms with Crippen molar-refractivity contribution in [3.05, 3.63) is 35.4 Å². The van der Waals surface area contributed by atoms with Gasteiger partial charge >= 0.3 is 0 Å². The van der Waals surface area contributed by atoms with Crippen LogP contribution in [0.2, 0.25) is 0 Å². The van der Waals surface area contributed by atoms with Crippen LogP contribution in [0, 0.1) is 11.3 Å². The summed E-state index contributed by atoms with van der Waals surface area (Å²) >= 11 is 0. The minimum absolute atomic E-state index is 0.504. The summed E-state index contributed by atoms with van der Waals surface area (Å²) < 4.78 is 0. The second-order valence-corrected chi connectivity index (χ2v) is 7.27. The molecule has 0 nitrogen and oxygen atoms in total. The van der Waals surface area contributed by atoms with Crippen LogP contribution >= 0.6 is 0 Å². The molecule has 3 rings (SSSR count). The fourth-order valence-corrected chi connectivity index (χ4v) is 4.67. The van der Waals surface area contributed by atoms with Crippen LogP contribution in [0.15, 0.2) is 24.3 Å². The zero-order chi connectivity index (χ0) is 12.8. The summed E-state index contributed by atoms with van der Waals surface area (Å²) in [7, 11) is 0. The van der Waals surface area contributed by atoms with Gasteiger partial charge in [-0.15, -0.1) is 0 Å². The molecular formula is C18H26. The van der Waals surface area contributed by atoms with Gasteiger partial charge in [-0.2, -0.15) is 0 Å². The molecule has 98 valence electrons. The van der Waals surface area contributed by atoms with Crippen LogP contribution in [-0.4, -0.2) is 0 Å². The van der Waals surface area contributed by atoms with Crippen molar-refractivity contribution >= 4 is 0 Å². The Kier molecular flexibility index (Phi) is 2.80. The molecule has 1 aromatic rings. The number of hydrogen-bond acceptors (Lipinski definition) is 0. The summed E-state index contributed by atoms with van der Waals surface area (Å²) in [6.45, 7) is 7.34. The van der Waals surface area contributed by atoms with Gasteiger partial charge in [0.1, 0.15) is 0 Å². The molecule has 1 fully saturated rings. The first-order valence-electron chi connectivity index (χ1n) is 7.66. The van der Waals surface area contributed by atoms with Crippen molar-refractivity contribution in [2.75, 3.05) is 0 Å². The molecule has 0 N–H and O–H groups in total. The first-order valence-corrected chi connectivity index (χ1v) is 7.66. The fraction of sp³-hybridized carbons (Fsp3) is 0.667. The third kappa shape index (κ3) is 1.73. The zero-order valence-corrected chi connectivity index (χ0v) is 12.1. The van der Waals surface area contributed by atoms with Crippen LogP contribution in [0.5, 0.6) is 0 Å². The summed E-state index contributed by atoms with van der Waals surface area (Å²) in [5.41, 5.74) is 4.40. The van der Waals surface area contributed by atoms with E-state index < -0.39 is 0 Å². The smallest absolute Gasteiger partial charge is 0.00181 e. The highest BCUT2D eigenvalue weighted by Gasteiger charge is 2.47. The molecule has 0 aromatic heterocycles. The Balaban J connectivity index is 2.05. The van der Waals surface area contributed by atoms with E-state index in [9.17, 15) is 0 Å². The minimum Gasteiger partial charge on any atom is -0.0645 e. The molecule has 0 amide bonds. The Morgan fingerprint density at radius 2 is 1.94 bits per heavy atom. The quantitative estimate of drug-likeness (QED) is 0.642. The van der Waals surface area contributed by atoms with Crippen LogP contribution in [-0.2, 0) is 11.8 Å². The molecule has 0 heterocycles. The molecule has 0 bridgehead atoms. The predicted octanol–water partition coefficient (Wildman–Crippen LogP) is 5.11. The lowest BCUT2D eigenvalue weighted by Crippen LogP contribution is -2.45. The Hall–Kier alpha value is -0.780. The van der Waals surface area contributed by atoms with E-state index >= 15 is 0 Å². The topological polar surface area (TPSA) is 0 Å². The number of benzene rings is 1. The lowest BCUT2D eigenvalue weighted by molar-refractivity contribution is 0.0688. The molecule has 0 saturated heterocycles. The molecule has 2 aliphatic rings. The summed E-state index contributed by atoms with van der Waals surface area (Å²) in [5, 5.41) is 0. The van der Waals surface area contributed by atoms with Crippen LogP contribution < -0.4 is 0 Å². The number of fused-ring (bicyclic) bond motifs is 3. The monoisotopic (exact) mass is 242 g/mol. The van der Waals surface area contributed by atoms with Gasteiger partial charge in [-0.05, 0) is 66.4 Å². The van der Waals surface area contributed by atoms with Crippen molar-refractivity contribution in [2.24, 2.45) is 11.3 Å².